The molecule has 6 aromatic heterocycles. The number of nitrogens with zero attached hydrogens (tertiary/aromatic N) is 6. The molecule has 10 aromatic rings. The van der Waals surface area contributed by atoms with Crippen molar-refractivity contribution in [3.05, 3.63) is 170 Å². The molecule has 7 heteroatoms. The zero-order valence-electron chi connectivity index (χ0n) is 26.2. The molecule has 0 saturated carbocycles. The third-order valence-corrected chi connectivity index (χ3v) is 8.15. The number of para-hydroxylation sites is 2. The van der Waals surface area contributed by atoms with Gasteiger partial charge >= 0.3 is 19.5 Å². The van der Waals surface area contributed by atoms with E-state index in [1.165, 1.54) is 0 Å². The average molecular weight is 718 g/mol. The molecule has 0 fully saturated rings. The Bertz CT molecular complexity index is 2420. The average Bonchev–Trinajstić information content (AvgIpc) is 3.18. The van der Waals surface area contributed by atoms with E-state index in [0.29, 0.717) is 0 Å². The van der Waals surface area contributed by atoms with Crippen molar-refractivity contribution in [2.45, 2.75) is 0 Å². The molecular weight excluding hydrogens is 690 g/mol. The van der Waals surface area contributed by atoms with Gasteiger partial charge in [-0.2, -0.15) is 0 Å². The molecule has 0 unspecified atom stereocenters. The first-order valence-corrected chi connectivity index (χ1v) is 15.7. The molecular formula is C42H28N6Ru+2. The maximum absolute atomic E-state index is 4.69. The molecule has 0 aliphatic heterocycles. The van der Waals surface area contributed by atoms with Crippen LogP contribution >= 0.6 is 0 Å². The molecule has 0 aliphatic carbocycles. The van der Waals surface area contributed by atoms with Gasteiger partial charge in [-0.05, 0) is 48.5 Å². The second kappa shape index (κ2) is 14.4. The Labute approximate surface area is 295 Å². The minimum atomic E-state index is 0. The van der Waals surface area contributed by atoms with Crippen LogP contribution in [0.5, 0.6) is 0 Å². The molecule has 0 N–H and O–H groups in total. The van der Waals surface area contributed by atoms with Crippen molar-refractivity contribution in [2.24, 2.45) is 0 Å². The maximum Gasteiger partial charge on any atom is 2.00 e. The summed E-state index contributed by atoms with van der Waals surface area (Å²) in [6.45, 7) is 0. The van der Waals surface area contributed by atoms with E-state index >= 15 is 0 Å². The van der Waals surface area contributed by atoms with Crippen molar-refractivity contribution in [2.75, 3.05) is 0 Å². The topological polar surface area (TPSA) is 77.3 Å². The second-order valence-electron chi connectivity index (χ2n) is 11.2. The predicted molar refractivity (Wildman–Crippen MR) is 197 cm³/mol. The second-order valence-corrected chi connectivity index (χ2v) is 11.2. The van der Waals surface area contributed by atoms with E-state index in [2.05, 4.69) is 103 Å². The van der Waals surface area contributed by atoms with Crippen molar-refractivity contribution in [1.82, 2.24) is 29.9 Å². The zero-order chi connectivity index (χ0) is 32.1. The van der Waals surface area contributed by atoms with Crippen LogP contribution in [0.2, 0.25) is 0 Å². The van der Waals surface area contributed by atoms with Crippen LogP contribution in [0.25, 0.3) is 76.8 Å². The SMILES string of the molecule is [Ru+2].c1ccc2nc(-c3ccc4ccccc4n3)ccc2c1.c1cnc2c(c1)ccc1cccnc12.c1cnc2c(c1)ccc1cccnc12. The maximum atomic E-state index is 4.69. The normalized spacial score (nSPS) is 10.7. The standard InChI is InChI=1S/C18H12N2.2C12H8N2.Ru/c1-3-7-15-13(5-1)9-11-17(19-15)18-12-10-14-6-2-4-8-16(14)20-18;2*1-3-9-5-6-10-4-2-8-14-12(10)11(9)13-7-1;/h1-12H;2*1-8H;/q;;;+2. The fourth-order valence-corrected chi connectivity index (χ4v) is 5.78. The largest absolute Gasteiger partial charge is 2.00 e. The third-order valence-electron chi connectivity index (χ3n) is 8.15. The molecule has 6 nitrogen and oxygen atoms in total. The summed E-state index contributed by atoms with van der Waals surface area (Å²) in [6, 6.07) is 48.8. The minimum Gasteiger partial charge on any atom is -0.254 e. The monoisotopic (exact) mass is 718 g/mol. The van der Waals surface area contributed by atoms with Gasteiger partial charge in [-0.25, -0.2) is 9.97 Å². The van der Waals surface area contributed by atoms with E-state index in [1.54, 1.807) is 24.8 Å². The van der Waals surface area contributed by atoms with Crippen LogP contribution in [0.3, 0.4) is 0 Å². The molecule has 0 bridgehead atoms. The molecule has 49 heavy (non-hydrogen) atoms. The van der Waals surface area contributed by atoms with Gasteiger partial charge in [-0.1, -0.05) is 97.1 Å². The molecule has 4 aromatic carbocycles. The number of aromatic nitrogens is 6. The summed E-state index contributed by atoms with van der Waals surface area (Å²) in [5, 5.41) is 6.85. The Morgan fingerprint density at radius 3 is 0.898 bits per heavy atom. The van der Waals surface area contributed by atoms with Crippen LogP contribution in [0.4, 0.5) is 0 Å². The molecule has 0 amide bonds. The van der Waals surface area contributed by atoms with Gasteiger partial charge in [0, 0.05) is 57.1 Å². The van der Waals surface area contributed by atoms with Crippen LogP contribution < -0.4 is 0 Å². The Balaban J connectivity index is 0.000000117. The van der Waals surface area contributed by atoms with E-state index in [1.807, 2.05) is 72.8 Å². The van der Waals surface area contributed by atoms with Gasteiger partial charge in [0.2, 0.25) is 0 Å². The van der Waals surface area contributed by atoms with Gasteiger partial charge in [0.05, 0.1) is 44.5 Å². The number of rotatable bonds is 1. The summed E-state index contributed by atoms with van der Waals surface area (Å²) in [5.74, 6) is 0. The molecule has 0 radical (unpaired) electrons. The van der Waals surface area contributed by atoms with Gasteiger partial charge in [0.1, 0.15) is 0 Å². The van der Waals surface area contributed by atoms with Gasteiger partial charge in [-0.15, -0.1) is 0 Å². The van der Waals surface area contributed by atoms with Crippen molar-refractivity contribution >= 4 is 65.4 Å². The smallest absolute Gasteiger partial charge is 0.254 e. The number of pyridine rings is 6. The summed E-state index contributed by atoms with van der Waals surface area (Å²) in [6.07, 6.45) is 7.21. The zero-order valence-corrected chi connectivity index (χ0v) is 27.9. The number of benzene rings is 4. The summed E-state index contributed by atoms with van der Waals surface area (Å²) in [7, 11) is 0. The van der Waals surface area contributed by atoms with Gasteiger partial charge < -0.3 is 0 Å². The van der Waals surface area contributed by atoms with Crippen LogP contribution in [0, 0.1) is 0 Å². The van der Waals surface area contributed by atoms with E-state index < -0.39 is 0 Å². The molecule has 0 aliphatic rings. The summed E-state index contributed by atoms with van der Waals surface area (Å²) >= 11 is 0. The minimum absolute atomic E-state index is 0. The summed E-state index contributed by atoms with van der Waals surface area (Å²) < 4.78 is 0. The summed E-state index contributed by atoms with van der Waals surface area (Å²) in [5.41, 5.74) is 7.73. The summed E-state index contributed by atoms with van der Waals surface area (Å²) in [4.78, 5) is 26.8. The number of hydrogen-bond acceptors (Lipinski definition) is 6. The van der Waals surface area contributed by atoms with Gasteiger partial charge in [0.25, 0.3) is 0 Å². The number of hydrogen-bond donors (Lipinski definition) is 0. The van der Waals surface area contributed by atoms with E-state index in [4.69, 9.17) is 0 Å². The van der Waals surface area contributed by atoms with Crippen molar-refractivity contribution in [3.63, 3.8) is 0 Å². The fourth-order valence-electron chi connectivity index (χ4n) is 5.78. The molecule has 6 heterocycles. The molecule has 0 atom stereocenters. The van der Waals surface area contributed by atoms with Crippen molar-refractivity contribution < 1.29 is 19.5 Å². The fraction of sp³-hybridized carbons (Fsp3) is 0. The third kappa shape index (κ3) is 6.71. The molecule has 0 spiro atoms. The van der Waals surface area contributed by atoms with Crippen LogP contribution in [0.15, 0.2) is 170 Å². The Morgan fingerprint density at radius 1 is 0.265 bits per heavy atom. The van der Waals surface area contributed by atoms with Crippen LogP contribution in [0.1, 0.15) is 0 Å². The Morgan fingerprint density at radius 2 is 0.551 bits per heavy atom. The Kier molecular flexibility index (Phi) is 9.26. The van der Waals surface area contributed by atoms with Gasteiger partial charge in [0.15, 0.2) is 0 Å². The van der Waals surface area contributed by atoms with Crippen LogP contribution in [-0.2, 0) is 19.5 Å². The van der Waals surface area contributed by atoms with Crippen molar-refractivity contribution in [3.8, 4) is 11.4 Å². The first kappa shape index (κ1) is 31.6. The first-order valence-electron chi connectivity index (χ1n) is 15.7. The van der Waals surface area contributed by atoms with E-state index in [-0.39, 0.29) is 19.5 Å². The molecule has 0 saturated heterocycles. The molecule has 232 valence electrons. The molecule has 10 rings (SSSR count). The quantitative estimate of drug-likeness (QED) is 0.124. The predicted octanol–water partition coefficient (Wildman–Crippen LogP) is 10.0. The van der Waals surface area contributed by atoms with Crippen molar-refractivity contribution in [1.29, 1.82) is 0 Å². The van der Waals surface area contributed by atoms with E-state index in [9.17, 15) is 0 Å². The van der Waals surface area contributed by atoms with E-state index in [0.717, 1.165) is 76.8 Å². The Hall–Kier alpha value is -6.04. The van der Waals surface area contributed by atoms with Crippen LogP contribution in [-0.4, -0.2) is 29.9 Å². The first-order chi connectivity index (χ1) is 23.8. The number of fused-ring (bicyclic) bond motifs is 8. The van der Waals surface area contributed by atoms with Gasteiger partial charge in [-0.3, -0.25) is 19.9 Å².